The Balaban J connectivity index is 0.00000253. The second-order valence-corrected chi connectivity index (χ2v) is 9.66. The normalized spacial score (nSPS) is 13.1. The molecule has 2 aliphatic heterocycles. The number of pyridine rings is 1. The number of ether oxygens (including phenoxy) is 4. The van der Waals surface area contributed by atoms with E-state index in [1.807, 2.05) is 17.8 Å². The van der Waals surface area contributed by atoms with Gasteiger partial charge in [-0.2, -0.15) is 4.57 Å². The summed E-state index contributed by atoms with van der Waals surface area (Å²) in [7, 11) is 1.69. The molecule has 7 heteroatoms. The van der Waals surface area contributed by atoms with Crippen LogP contribution in [-0.4, -0.2) is 26.3 Å². The van der Waals surface area contributed by atoms with E-state index in [9.17, 15) is 0 Å². The summed E-state index contributed by atoms with van der Waals surface area (Å²) in [5.41, 5.74) is 4.96. The Hall–Kier alpha value is -2.90. The minimum Gasteiger partial charge on any atom is -1.00 e. The van der Waals surface area contributed by atoms with Gasteiger partial charge in [0, 0.05) is 23.1 Å². The highest BCUT2D eigenvalue weighted by molar-refractivity contribution is 7.99. The molecule has 0 fully saturated rings. The van der Waals surface area contributed by atoms with Crippen LogP contribution in [0.4, 0.5) is 0 Å². The number of benzene rings is 3. The summed E-state index contributed by atoms with van der Waals surface area (Å²) >= 11 is 1.82. The second kappa shape index (κ2) is 9.99. The number of hydrogen-bond donors (Lipinski definition) is 0. The highest BCUT2D eigenvalue weighted by atomic mass is 79.9. The fourth-order valence-electron chi connectivity index (χ4n) is 4.72. The lowest BCUT2D eigenvalue weighted by Crippen LogP contribution is -3.00. The minimum atomic E-state index is 0. The van der Waals surface area contributed by atoms with Gasteiger partial charge in [0.1, 0.15) is 0 Å². The van der Waals surface area contributed by atoms with Crippen molar-refractivity contribution < 1.29 is 40.5 Å². The Morgan fingerprint density at radius 2 is 1.86 bits per heavy atom. The largest absolute Gasteiger partial charge is 1.00 e. The van der Waals surface area contributed by atoms with Gasteiger partial charge in [0.2, 0.25) is 12.5 Å². The van der Waals surface area contributed by atoms with E-state index in [1.54, 1.807) is 7.11 Å². The van der Waals surface area contributed by atoms with Gasteiger partial charge < -0.3 is 35.9 Å². The molecule has 6 rings (SSSR count). The topological polar surface area (TPSA) is 40.8 Å². The van der Waals surface area contributed by atoms with E-state index in [4.69, 9.17) is 18.9 Å². The number of halogens is 1. The Kier molecular flexibility index (Phi) is 6.80. The average Bonchev–Trinajstić information content (AvgIpc) is 3.32. The number of aryl methyl sites for hydroxylation is 3. The van der Waals surface area contributed by atoms with Crippen molar-refractivity contribution in [1.82, 2.24) is 0 Å². The molecule has 0 saturated heterocycles. The van der Waals surface area contributed by atoms with Crippen LogP contribution in [0, 0.1) is 6.92 Å². The van der Waals surface area contributed by atoms with Gasteiger partial charge in [0.15, 0.2) is 35.7 Å². The van der Waals surface area contributed by atoms with Crippen LogP contribution in [0.15, 0.2) is 65.7 Å². The van der Waals surface area contributed by atoms with Crippen LogP contribution in [0.25, 0.3) is 22.0 Å². The van der Waals surface area contributed by atoms with Crippen molar-refractivity contribution in [1.29, 1.82) is 0 Å². The summed E-state index contributed by atoms with van der Waals surface area (Å²) in [5.74, 6) is 4.09. The number of rotatable bonds is 6. The number of fused-ring (bicyclic) bond motifs is 5. The predicted molar refractivity (Wildman–Crippen MR) is 133 cm³/mol. The van der Waals surface area contributed by atoms with Gasteiger partial charge in [-0.1, -0.05) is 18.2 Å². The van der Waals surface area contributed by atoms with Crippen LogP contribution in [0.1, 0.15) is 11.1 Å². The van der Waals surface area contributed by atoms with Crippen LogP contribution >= 0.6 is 11.8 Å². The lowest BCUT2D eigenvalue weighted by Gasteiger charge is -2.18. The first-order chi connectivity index (χ1) is 16.7. The van der Waals surface area contributed by atoms with Gasteiger partial charge >= 0.3 is 0 Å². The molecule has 0 spiro atoms. The average molecular weight is 552 g/mol. The van der Waals surface area contributed by atoms with E-state index in [-0.39, 0.29) is 17.0 Å². The number of aromatic nitrogens is 1. The molecule has 35 heavy (non-hydrogen) atoms. The molecule has 0 aliphatic carbocycles. The van der Waals surface area contributed by atoms with Gasteiger partial charge in [0.05, 0.1) is 24.7 Å². The first-order valence-corrected chi connectivity index (χ1v) is 12.5. The molecule has 2 aliphatic rings. The Morgan fingerprint density at radius 3 is 2.69 bits per heavy atom. The van der Waals surface area contributed by atoms with Crippen molar-refractivity contribution >= 4 is 22.5 Å². The molecule has 0 N–H and O–H groups in total. The maximum absolute atomic E-state index is 6.33. The molecule has 5 nitrogen and oxygen atoms in total. The van der Waals surface area contributed by atoms with E-state index in [0.717, 1.165) is 52.5 Å². The summed E-state index contributed by atoms with van der Waals surface area (Å²) in [5, 5.41) is 2.19. The zero-order valence-corrected chi connectivity index (χ0v) is 22.1. The molecule has 3 heterocycles. The summed E-state index contributed by atoms with van der Waals surface area (Å²) in [6.07, 6.45) is 3.15. The van der Waals surface area contributed by atoms with Gasteiger partial charge in [0.25, 0.3) is 0 Å². The van der Waals surface area contributed by atoms with Crippen LogP contribution in [0.2, 0.25) is 0 Å². The lowest BCUT2D eigenvalue weighted by atomic mass is 9.95. The summed E-state index contributed by atoms with van der Waals surface area (Å²) < 4.78 is 25.5. The van der Waals surface area contributed by atoms with Crippen molar-refractivity contribution in [2.45, 2.75) is 24.8 Å². The molecule has 0 radical (unpaired) electrons. The van der Waals surface area contributed by atoms with E-state index in [1.165, 1.54) is 27.3 Å². The van der Waals surface area contributed by atoms with Gasteiger partial charge in [-0.25, -0.2) is 0 Å². The van der Waals surface area contributed by atoms with Crippen LogP contribution < -0.4 is 40.5 Å². The van der Waals surface area contributed by atoms with Gasteiger partial charge in [-0.15, -0.1) is 11.8 Å². The molecular formula is C28H26BrNO4S. The fraction of sp³-hybridized carbons (Fsp3) is 0.250. The molecule has 0 saturated carbocycles. The zero-order valence-electron chi connectivity index (χ0n) is 19.7. The Bertz CT molecular complexity index is 1410. The molecule has 0 bridgehead atoms. The Morgan fingerprint density at radius 1 is 1.03 bits per heavy atom. The monoisotopic (exact) mass is 551 g/mol. The van der Waals surface area contributed by atoms with E-state index in [0.29, 0.717) is 13.4 Å². The number of methoxy groups -OCH3 is 1. The van der Waals surface area contributed by atoms with Gasteiger partial charge in [-0.05, 0) is 53.8 Å². The highest BCUT2D eigenvalue weighted by Gasteiger charge is 2.28. The molecule has 3 aromatic carbocycles. The highest BCUT2D eigenvalue weighted by Crippen LogP contribution is 2.41. The lowest BCUT2D eigenvalue weighted by molar-refractivity contribution is -0.686. The quantitative estimate of drug-likeness (QED) is 0.209. The third kappa shape index (κ3) is 4.43. The molecule has 0 atom stereocenters. The number of nitrogens with zero attached hydrogens (tertiary/aromatic N) is 1. The molecular weight excluding hydrogens is 526 g/mol. The zero-order chi connectivity index (χ0) is 23.1. The van der Waals surface area contributed by atoms with Crippen molar-refractivity contribution in [3.05, 3.63) is 71.9 Å². The SMILES string of the molecule is COc1ccc2cc3[n+](cc2c1OCCSc1ccccc1C)CCc1cc2c(cc1-3)OCO2.[Br-]. The molecule has 4 aromatic rings. The molecule has 1 aromatic heterocycles. The van der Waals surface area contributed by atoms with E-state index >= 15 is 0 Å². The van der Waals surface area contributed by atoms with Crippen LogP contribution in [0.3, 0.4) is 0 Å². The smallest absolute Gasteiger partial charge is 0.231 e. The molecule has 0 amide bonds. The molecule has 0 unspecified atom stereocenters. The van der Waals surface area contributed by atoms with E-state index in [2.05, 4.69) is 66.2 Å². The van der Waals surface area contributed by atoms with Crippen molar-refractivity contribution in [3.63, 3.8) is 0 Å². The fourth-order valence-corrected chi connectivity index (χ4v) is 5.58. The standard InChI is InChI=1S/C28H26NO4S.BrH/c1-18-5-3-4-6-27(18)34-12-11-31-28-22-16-29-10-9-20-14-25-26(33-17-32-25)15-21(20)23(29)13-19(22)7-8-24(28)30-2;/h3-8,13-16H,9-12,17H2,1-2H3;1H/q+1;/p-1. The maximum atomic E-state index is 6.33. The Labute approximate surface area is 219 Å². The first kappa shape index (κ1) is 23.8. The third-order valence-corrected chi connectivity index (χ3v) is 7.62. The van der Waals surface area contributed by atoms with Gasteiger partial charge in [-0.3, -0.25) is 0 Å². The van der Waals surface area contributed by atoms with Crippen molar-refractivity contribution in [2.24, 2.45) is 0 Å². The summed E-state index contributed by atoms with van der Waals surface area (Å²) in [4.78, 5) is 1.29. The van der Waals surface area contributed by atoms with Crippen molar-refractivity contribution in [2.75, 3.05) is 26.3 Å². The maximum Gasteiger partial charge on any atom is 0.231 e. The van der Waals surface area contributed by atoms with Crippen LogP contribution in [0.5, 0.6) is 23.0 Å². The number of thioether (sulfide) groups is 1. The first-order valence-electron chi connectivity index (χ1n) is 11.5. The van der Waals surface area contributed by atoms with E-state index < -0.39 is 0 Å². The molecule has 180 valence electrons. The third-order valence-electron chi connectivity index (χ3n) is 6.48. The predicted octanol–water partition coefficient (Wildman–Crippen LogP) is 2.57. The van der Waals surface area contributed by atoms with Crippen LogP contribution in [-0.2, 0) is 13.0 Å². The van der Waals surface area contributed by atoms with Crippen molar-refractivity contribution in [3.8, 4) is 34.3 Å². The summed E-state index contributed by atoms with van der Waals surface area (Å²) in [6, 6.07) is 19.0. The second-order valence-electron chi connectivity index (χ2n) is 8.53. The minimum absolute atomic E-state index is 0. The number of hydrogen-bond acceptors (Lipinski definition) is 5. The summed E-state index contributed by atoms with van der Waals surface area (Å²) in [6.45, 7) is 3.93.